The molecule has 4 nitrogen and oxygen atoms in total. The number of nitrogens with one attached hydrogen (secondary N) is 1. The molecule has 4 rings (SSSR count). The van der Waals surface area contributed by atoms with Crippen LogP contribution in [0.2, 0.25) is 5.02 Å². The molecular weight excluding hydrogens is 423 g/mol. The summed E-state index contributed by atoms with van der Waals surface area (Å²) in [5.41, 5.74) is 2.17. The van der Waals surface area contributed by atoms with Crippen molar-refractivity contribution in [2.24, 2.45) is 0 Å². The molecule has 2 amide bonds. The second-order valence-corrected chi connectivity index (χ2v) is 8.19. The molecule has 0 aliphatic carbocycles. The highest BCUT2D eigenvalue weighted by Gasteiger charge is 2.40. The molecule has 0 saturated heterocycles. The van der Waals surface area contributed by atoms with Crippen molar-refractivity contribution in [1.82, 2.24) is 0 Å². The van der Waals surface area contributed by atoms with E-state index in [9.17, 15) is 14.0 Å². The van der Waals surface area contributed by atoms with Gasteiger partial charge in [-0.1, -0.05) is 41.1 Å². The summed E-state index contributed by atoms with van der Waals surface area (Å²) in [6, 6.07) is 19.7. The van der Waals surface area contributed by atoms with Crippen molar-refractivity contribution in [2.45, 2.75) is 11.8 Å². The second kappa shape index (κ2) is 8.34. The van der Waals surface area contributed by atoms with Crippen LogP contribution >= 0.6 is 23.4 Å². The van der Waals surface area contributed by atoms with Gasteiger partial charge in [0.15, 0.2) is 0 Å². The normalized spacial score (nSPS) is 13.9. The molecule has 1 aliphatic rings. The molecule has 0 radical (unpaired) electrons. The lowest BCUT2D eigenvalue weighted by molar-refractivity contribution is -0.120. The molecule has 0 aromatic heterocycles. The molecule has 0 atom stereocenters. The Balaban J connectivity index is 1.73. The molecule has 0 bridgehead atoms. The fraction of sp³-hybridized carbons (Fsp3) is 0.0435. The maximum atomic E-state index is 13.3. The zero-order valence-electron chi connectivity index (χ0n) is 15.9. The molecule has 0 spiro atoms. The van der Waals surface area contributed by atoms with E-state index in [1.807, 2.05) is 31.2 Å². The van der Waals surface area contributed by atoms with Gasteiger partial charge in [-0.2, -0.15) is 0 Å². The van der Waals surface area contributed by atoms with Crippen LogP contribution in [0.5, 0.6) is 0 Å². The Morgan fingerprint density at radius 2 is 1.50 bits per heavy atom. The van der Waals surface area contributed by atoms with Crippen molar-refractivity contribution in [1.29, 1.82) is 0 Å². The van der Waals surface area contributed by atoms with Gasteiger partial charge in [0.1, 0.15) is 16.4 Å². The van der Waals surface area contributed by atoms with Gasteiger partial charge in [-0.3, -0.25) is 9.59 Å². The zero-order chi connectivity index (χ0) is 21.3. The Kier molecular flexibility index (Phi) is 5.61. The summed E-state index contributed by atoms with van der Waals surface area (Å²) in [6.07, 6.45) is 0. The summed E-state index contributed by atoms with van der Waals surface area (Å²) in [4.78, 5) is 28.6. The summed E-state index contributed by atoms with van der Waals surface area (Å²) in [6.45, 7) is 1.97. The molecule has 1 aliphatic heterocycles. The lowest BCUT2D eigenvalue weighted by atomic mass is 10.2. The summed E-state index contributed by atoms with van der Waals surface area (Å²) < 4.78 is 13.3. The quantitative estimate of drug-likeness (QED) is 0.513. The van der Waals surface area contributed by atoms with Crippen LogP contribution in [0.4, 0.5) is 15.8 Å². The van der Waals surface area contributed by atoms with Gasteiger partial charge in [-0.25, -0.2) is 9.29 Å². The first-order valence-electron chi connectivity index (χ1n) is 9.08. The number of imide groups is 1. The third-order valence-corrected chi connectivity index (χ3v) is 5.82. The lowest BCUT2D eigenvalue weighted by Crippen LogP contribution is -2.32. The van der Waals surface area contributed by atoms with E-state index in [4.69, 9.17) is 11.6 Å². The van der Waals surface area contributed by atoms with Crippen LogP contribution in [-0.4, -0.2) is 11.8 Å². The van der Waals surface area contributed by atoms with Gasteiger partial charge in [-0.15, -0.1) is 0 Å². The number of aryl methyl sites for hydroxylation is 1. The number of hydrogen-bond donors (Lipinski definition) is 1. The average molecular weight is 439 g/mol. The van der Waals surface area contributed by atoms with Gasteiger partial charge in [0.25, 0.3) is 11.8 Å². The predicted octanol–water partition coefficient (Wildman–Crippen LogP) is 5.78. The number of anilines is 2. The molecule has 1 N–H and O–H groups in total. The lowest BCUT2D eigenvalue weighted by Gasteiger charge is -2.15. The van der Waals surface area contributed by atoms with Gasteiger partial charge in [0.05, 0.1) is 5.69 Å². The molecule has 0 saturated carbocycles. The van der Waals surface area contributed by atoms with Gasteiger partial charge < -0.3 is 5.32 Å². The molecule has 0 fully saturated rings. The highest BCUT2D eigenvalue weighted by Crippen LogP contribution is 2.38. The Labute approximate surface area is 182 Å². The summed E-state index contributed by atoms with van der Waals surface area (Å²) in [7, 11) is 0. The van der Waals surface area contributed by atoms with Gasteiger partial charge >= 0.3 is 0 Å². The van der Waals surface area contributed by atoms with Crippen LogP contribution in [0.3, 0.4) is 0 Å². The first-order valence-corrected chi connectivity index (χ1v) is 10.3. The minimum absolute atomic E-state index is 0.145. The maximum Gasteiger partial charge on any atom is 0.283 e. The molecular formula is C23H16ClFN2O2S. The fourth-order valence-electron chi connectivity index (χ4n) is 2.94. The average Bonchev–Trinajstić information content (AvgIpc) is 2.96. The molecule has 7 heteroatoms. The van der Waals surface area contributed by atoms with Gasteiger partial charge in [0.2, 0.25) is 0 Å². The van der Waals surface area contributed by atoms with Crippen molar-refractivity contribution in [3.63, 3.8) is 0 Å². The van der Waals surface area contributed by atoms with E-state index in [2.05, 4.69) is 5.32 Å². The maximum absolute atomic E-state index is 13.3. The Morgan fingerprint density at radius 1 is 0.867 bits per heavy atom. The van der Waals surface area contributed by atoms with Crippen molar-refractivity contribution in [3.8, 4) is 0 Å². The second-order valence-electron chi connectivity index (χ2n) is 6.67. The number of hydrogen-bond acceptors (Lipinski definition) is 4. The molecule has 150 valence electrons. The molecule has 0 unspecified atom stereocenters. The van der Waals surface area contributed by atoms with Crippen LogP contribution in [0.15, 0.2) is 88.3 Å². The third-order valence-electron chi connectivity index (χ3n) is 4.48. The Bertz CT molecular complexity index is 1070. The summed E-state index contributed by atoms with van der Waals surface area (Å²) in [5.74, 6) is -1.31. The molecule has 3 aromatic rings. The topological polar surface area (TPSA) is 49.4 Å². The largest absolute Gasteiger partial charge is 0.350 e. The monoisotopic (exact) mass is 438 g/mol. The number of carbonyl (C=O) groups is 2. The highest BCUT2D eigenvalue weighted by molar-refractivity contribution is 8.04. The van der Waals surface area contributed by atoms with Crippen molar-refractivity contribution in [3.05, 3.63) is 99.8 Å². The van der Waals surface area contributed by atoms with Crippen LogP contribution in [-0.2, 0) is 9.59 Å². The number of amides is 2. The van der Waals surface area contributed by atoms with E-state index in [0.717, 1.165) is 15.4 Å². The van der Waals surface area contributed by atoms with Crippen molar-refractivity contribution < 1.29 is 14.0 Å². The van der Waals surface area contributed by atoms with Crippen LogP contribution in [0.1, 0.15) is 5.56 Å². The minimum Gasteiger partial charge on any atom is -0.350 e. The Hall–Kier alpha value is -3.09. The minimum atomic E-state index is -0.485. The fourth-order valence-corrected chi connectivity index (χ4v) is 3.99. The summed E-state index contributed by atoms with van der Waals surface area (Å²) >= 11 is 7.15. The van der Waals surface area contributed by atoms with Crippen LogP contribution in [0.25, 0.3) is 0 Å². The zero-order valence-corrected chi connectivity index (χ0v) is 17.4. The number of thioether (sulfide) groups is 1. The van der Waals surface area contributed by atoms with Crippen molar-refractivity contribution in [2.75, 3.05) is 10.2 Å². The number of benzene rings is 3. The third kappa shape index (κ3) is 4.10. The van der Waals surface area contributed by atoms with Gasteiger partial charge in [-0.05, 0) is 67.6 Å². The molecule has 3 aromatic carbocycles. The standard InChI is InChI=1S/C23H16ClFN2O2S/c1-14-2-12-19(13-3-14)30-21-20(26-17-8-6-16(25)7-9-17)22(28)27(23(21)29)18-10-4-15(24)5-11-18/h2-13,26H,1H3. The van der Waals surface area contributed by atoms with Gasteiger partial charge in [0, 0.05) is 15.6 Å². The van der Waals surface area contributed by atoms with E-state index in [1.54, 1.807) is 24.3 Å². The molecule has 1 heterocycles. The first-order chi connectivity index (χ1) is 14.4. The van der Waals surface area contributed by atoms with Crippen LogP contribution in [0, 0.1) is 12.7 Å². The van der Waals surface area contributed by atoms with Crippen molar-refractivity contribution >= 4 is 46.6 Å². The van der Waals surface area contributed by atoms with E-state index in [-0.39, 0.29) is 16.4 Å². The van der Waals surface area contributed by atoms with E-state index < -0.39 is 11.8 Å². The van der Waals surface area contributed by atoms with E-state index >= 15 is 0 Å². The highest BCUT2D eigenvalue weighted by atomic mass is 35.5. The SMILES string of the molecule is Cc1ccc(SC2=C(Nc3ccc(F)cc3)C(=O)N(c3ccc(Cl)cc3)C2=O)cc1. The number of rotatable bonds is 5. The predicted molar refractivity (Wildman–Crippen MR) is 118 cm³/mol. The first kappa shape index (κ1) is 20.2. The van der Waals surface area contributed by atoms with E-state index in [0.29, 0.717) is 16.4 Å². The number of carbonyl (C=O) groups excluding carboxylic acids is 2. The smallest absolute Gasteiger partial charge is 0.283 e. The summed E-state index contributed by atoms with van der Waals surface area (Å²) in [5, 5.41) is 3.50. The number of nitrogens with zero attached hydrogens (tertiary/aromatic N) is 1. The molecule has 30 heavy (non-hydrogen) atoms. The Morgan fingerprint density at radius 3 is 2.13 bits per heavy atom. The van der Waals surface area contributed by atoms with Crippen LogP contribution < -0.4 is 10.2 Å². The number of halogens is 2. The van der Waals surface area contributed by atoms with E-state index in [1.165, 1.54) is 36.0 Å².